The van der Waals surface area contributed by atoms with Gasteiger partial charge >= 0.3 is 0 Å². The summed E-state index contributed by atoms with van der Waals surface area (Å²) in [5.41, 5.74) is 3.41. The Bertz CT molecular complexity index is 982. The van der Waals surface area contributed by atoms with E-state index in [2.05, 4.69) is 15.5 Å². The highest BCUT2D eigenvalue weighted by Crippen LogP contribution is 2.26. The molecule has 26 heavy (non-hydrogen) atoms. The maximum atomic E-state index is 6.19. The van der Waals surface area contributed by atoms with E-state index < -0.39 is 0 Å². The lowest BCUT2D eigenvalue weighted by Crippen LogP contribution is -1.90. The Morgan fingerprint density at radius 3 is 2.85 bits per heavy atom. The maximum Gasteiger partial charge on any atom is 0.200 e. The SMILES string of the molecule is CC.Clc1ccccc1CSn1ccc(Nc2noc3cccnc23)c1. The number of hydrogen-bond donors (Lipinski definition) is 1. The zero-order valence-corrected chi connectivity index (χ0v) is 16.1. The summed E-state index contributed by atoms with van der Waals surface area (Å²) in [6.45, 7) is 4.00. The first-order valence-electron chi connectivity index (χ1n) is 8.32. The first kappa shape index (κ1) is 18.4. The highest BCUT2D eigenvalue weighted by molar-refractivity contribution is 7.97. The van der Waals surface area contributed by atoms with E-state index in [4.69, 9.17) is 16.1 Å². The molecule has 3 heterocycles. The van der Waals surface area contributed by atoms with Crippen molar-refractivity contribution in [2.75, 3.05) is 5.32 Å². The molecule has 0 radical (unpaired) electrons. The van der Waals surface area contributed by atoms with Crippen molar-refractivity contribution in [3.05, 3.63) is 71.6 Å². The number of aromatic nitrogens is 3. The number of benzene rings is 1. The second-order valence-electron chi connectivity index (χ2n) is 5.13. The molecule has 5 nitrogen and oxygen atoms in total. The van der Waals surface area contributed by atoms with Crippen LogP contribution in [0.1, 0.15) is 19.4 Å². The molecule has 0 aliphatic heterocycles. The van der Waals surface area contributed by atoms with Crippen LogP contribution >= 0.6 is 23.5 Å². The Kier molecular flexibility index (Phi) is 6.20. The molecule has 0 aliphatic carbocycles. The fraction of sp³-hybridized carbons (Fsp3) is 0.158. The standard InChI is InChI=1S/C17H13ClN4OS.C2H6/c18-14-5-2-1-4-12(14)11-24-22-9-7-13(10-22)20-17-16-15(23-21-17)6-3-8-19-16;1-2/h1-10H,11H2,(H,20,21);1-2H3. The molecule has 1 aromatic carbocycles. The van der Waals surface area contributed by atoms with E-state index in [1.54, 1.807) is 18.1 Å². The van der Waals surface area contributed by atoms with Gasteiger partial charge in [0.25, 0.3) is 0 Å². The van der Waals surface area contributed by atoms with Crippen molar-refractivity contribution >= 4 is 46.2 Å². The molecule has 3 aromatic heterocycles. The van der Waals surface area contributed by atoms with Gasteiger partial charge in [-0.15, -0.1) is 0 Å². The largest absolute Gasteiger partial charge is 0.352 e. The summed E-state index contributed by atoms with van der Waals surface area (Å²) in [7, 11) is 0. The van der Waals surface area contributed by atoms with Gasteiger partial charge in [-0.25, -0.2) is 4.98 Å². The molecule has 4 rings (SSSR count). The first-order chi connectivity index (χ1) is 12.8. The highest BCUT2D eigenvalue weighted by Gasteiger charge is 2.09. The molecule has 0 saturated carbocycles. The van der Waals surface area contributed by atoms with Crippen molar-refractivity contribution in [2.45, 2.75) is 19.6 Å². The smallest absolute Gasteiger partial charge is 0.200 e. The van der Waals surface area contributed by atoms with Gasteiger partial charge in [0.05, 0.1) is 5.69 Å². The van der Waals surface area contributed by atoms with Gasteiger partial charge in [0.1, 0.15) is 0 Å². The lowest BCUT2D eigenvalue weighted by Gasteiger charge is -2.04. The van der Waals surface area contributed by atoms with Crippen molar-refractivity contribution in [1.29, 1.82) is 0 Å². The normalized spacial score (nSPS) is 10.4. The summed E-state index contributed by atoms with van der Waals surface area (Å²) >= 11 is 7.84. The monoisotopic (exact) mass is 386 g/mol. The number of nitrogens with one attached hydrogen (secondary N) is 1. The Morgan fingerprint density at radius 2 is 2.00 bits per heavy atom. The molecule has 0 unspecified atom stereocenters. The third-order valence-corrected chi connectivity index (χ3v) is 4.82. The quantitative estimate of drug-likeness (QED) is 0.446. The van der Waals surface area contributed by atoms with E-state index in [9.17, 15) is 0 Å². The summed E-state index contributed by atoms with van der Waals surface area (Å²) in [4.78, 5) is 4.28. The van der Waals surface area contributed by atoms with Crippen molar-refractivity contribution in [3.63, 3.8) is 0 Å². The second kappa shape index (κ2) is 8.78. The van der Waals surface area contributed by atoms with Crippen LogP contribution in [0.4, 0.5) is 11.5 Å². The van der Waals surface area contributed by atoms with E-state index in [1.807, 2.05) is 72.7 Å². The average molecular weight is 387 g/mol. The summed E-state index contributed by atoms with van der Waals surface area (Å²) in [5, 5.41) is 8.04. The van der Waals surface area contributed by atoms with Gasteiger partial charge in [0.2, 0.25) is 5.82 Å². The van der Waals surface area contributed by atoms with E-state index >= 15 is 0 Å². The Morgan fingerprint density at radius 1 is 1.15 bits per heavy atom. The molecule has 0 amide bonds. The van der Waals surface area contributed by atoms with Gasteiger partial charge in [-0.1, -0.05) is 48.8 Å². The molecule has 134 valence electrons. The number of anilines is 2. The molecule has 0 fully saturated rings. The molecular formula is C19H19ClN4OS. The van der Waals surface area contributed by atoms with Gasteiger partial charge in [0, 0.05) is 29.4 Å². The fourth-order valence-electron chi connectivity index (χ4n) is 2.29. The van der Waals surface area contributed by atoms with Crippen molar-refractivity contribution < 1.29 is 4.52 Å². The van der Waals surface area contributed by atoms with Crippen LogP contribution in [-0.4, -0.2) is 14.1 Å². The average Bonchev–Trinajstić information content (AvgIpc) is 3.30. The summed E-state index contributed by atoms with van der Waals surface area (Å²) < 4.78 is 7.27. The number of nitrogens with zero attached hydrogens (tertiary/aromatic N) is 3. The van der Waals surface area contributed by atoms with Gasteiger partial charge < -0.3 is 9.84 Å². The molecule has 0 aliphatic rings. The van der Waals surface area contributed by atoms with E-state index in [0.717, 1.165) is 22.0 Å². The van der Waals surface area contributed by atoms with Crippen molar-refractivity contribution in [2.24, 2.45) is 0 Å². The lowest BCUT2D eigenvalue weighted by atomic mass is 10.2. The highest BCUT2D eigenvalue weighted by atomic mass is 35.5. The van der Waals surface area contributed by atoms with Gasteiger partial charge in [-0.3, -0.25) is 3.97 Å². The summed E-state index contributed by atoms with van der Waals surface area (Å²) in [6.07, 6.45) is 5.69. The van der Waals surface area contributed by atoms with Crippen LogP contribution in [0.25, 0.3) is 11.1 Å². The predicted octanol–water partition coefficient (Wildman–Crippen LogP) is 6.14. The third kappa shape index (κ3) is 4.20. The molecule has 4 aromatic rings. The zero-order valence-electron chi connectivity index (χ0n) is 14.5. The lowest BCUT2D eigenvalue weighted by molar-refractivity contribution is 0.460. The molecule has 0 spiro atoms. The molecule has 0 saturated heterocycles. The van der Waals surface area contributed by atoms with Crippen LogP contribution in [0.5, 0.6) is 0 Å². The van der Waals surface area contributed by atoms with Crippen LogP contribution in [0, 0.1) is 0 Å². The van der Waals surface area contributed by atoms with Crippen LogP contribution in [0.2, 0.25) is 5.02 Å². The number of fused-ring (bicyclic) bond motifs is 1. The molecule has 7 heteroatoms. The molecule has 0 atom stereocenters. The summed E-state index contributed by atoms with van der Waals surface area (Å²) in [6, 6.07) is 13.5. The van der Waals surface area contributed by atoms with Crippen LogP contribution in [0.3, 0.4) is 0 Å². The van der Waals surface area contributed by atoms with Crippen molar-refractivity contribution in [1.82, 2.24) is 14.1 Å². The number of hydrogen-bond acceptors (Lipinski definition) is 5. The third-order valence-electron chi connectivity index (χ3n) is 3.49. The van der Waals surface area contributed by atoms with Crippen LogP contribution < -0.4 is 5.32 Å². The van der Waals surface area contributed by atoms with Crippen LogP contribution in [0.15, 0.2) is 65.6 Å². The molecule has 1 N–H and O–H groups in total. The van der Waals surface area contributed by atoms with Gasteiger partial charge in [-0.05, 0) is 41.8 Å². The van der Waals surface area contributed by atoms with Crippen LogP contribution in [-0.2, 0) is 5.75 Å². The fourth-order valence-corrected chi connectivity index (χ4v) is 3.45. The van der Waals surface area contributed by atoms with E-state index in [1.165, 1.54) is 0 Å². The number of pyridine rings is 1. The van der Waals surface area contributed by atoms with Crippen molar-refractivity contribution in [3.8, 4) is 0 Å². The minimum absolute atomic E-state index is 0.611. The molecular weight excluding hydrogens is 368 g/mol. The number of halogens is 1. The maximum absolute atomic E-state index is 6.19. The topological polar surface area (TPSA) is 55.9 Å². The Balaban J connectivity index is 0.000000948. The predicted molar refractivity (Wildman–Crippen MR) is 109 cm³/mol. The first-order valence-corrected chi connectivity index (χ1v) is 9.64. The Hall–Kier alpha value is -2.44. The number of rotatable bonds is 5. The Labute approximate surface area is 161 Å². The van der Waals surface area contributed by atoms with E-state index in [-0.39, 0.29) is 0 Å². The minimum Gasteiger partial charge on any atom is -0.352 e. The molecule has 0 bridgehead atoms. The minimum atomic E-state index is 0.611. The zero-order chi connectivity index (χ0) is 18.4. The second-order valence-corrected chi connectivity index (χ2v) is 6.51. The van der Waals surface area contributed by atoms with Gasteiger partial charge in [0.15, 0.2) is 11.1 Å². The van der Waals surface area contributed by atoms with E-state index in [0.29, 0.717) is 16.9 Å². The summed E-state index contributed by atoms with van der Waals surface area (Å²) in [5.74, 6) is 1.40. The van der Waals surface area contributed by atoms with Gasteiger partial charge in [-0.2, -0.15) is 0 Å².